The molecule has 1 aliphatic rings. The fourth-order valence-corrected chi connectivity index (χ4v) is 3.34. The highest BCUT2D eigenvalue weighted by Crippen LogP contribution is 2.35. The molecule has 1 unspecified atom stereocenters. The molecule has 0 aliphatic heterocycles. The van der Waals surface area contributed by atoms with Crippen LogP contribution in [0, 0.1) is 5.92 Å². The summed E-state index contributed by atoms with van der Waals surface area (Å²) in [6.07, 6.45) is 7.77. The van der Waals surface area contributed by atoms with Crippen LogP contribution in [0.1, 0.15) is 81.6 Å². The number of rotatable bonds is 7. The summed E-state index contributed by atoms with van der Waals surface area (Å²) in [5.74, 6) is 1.41. The fraction of sp³-hybridized carbons (Fsp3) is 0.609. The smallest absolute Gasteiger partial charge is 0.154 e. The van der Waals surface area contributed by atoms with Crippen LogP contribution in [0.4, 0.5) is 0 Å². The van der Waals surface area contributed by atoms with Gasteiger partial charge < -0.3 is 9.47 Å². The predicted molar refractivity (Wildman–Crippen MR) is 111 cm³/mol. The first-order valence-electron chi connectivity index (χ1n) is 9.90. The van der Waals surface area contributed by atoms with Gasteiger partial charge in [0.2, 0.25) is 0 Å². The summed E-state index contributed by atoms with van der Waals surface area (Å²) < 4.78 is 10.1. The minimum atomic E-state index is -0.0370. The lowest BCUT2D eigenvalue weighted by molar-refractivity contribution is -0.123. The maximum Gasteiger partial charge on any atom is 0.154 e. The Morgan fingerprint density at radius 3 is 2.15 bits per heavy atom. The van der Waals surface area contributed by atoms with Crippen molar-refractivity contribution in [3.05, 3.63) is 48.6 Å². The Kier molecular flexibility index (Phi) is 14.9. The second kappa shape index (κ2) is 15.8. The molecule has 1 saturated carbocycles. The molecule has 1 fully saturated rings. The zero-order chi connectivity index (χ0) is 19.8. The van der Waals surface area contributed by atoms with E-state index in [2.05, 4.69) is 26.1 Å². The summed E-state index contributed by atoms with van der Waals surface area (Å²) in [4.78, 5) is 10.8. The Morgan fingerprint density at radius 2 is 1.65 bits per heavy atom. The SMILES string of the molecule is C=C.CC(c1cccc(C=O)c1)C1CCCCC1.CCOC(C)OCC. The molecule has 0 heterocycles. The van der Waals surface area contributed by atoms with Crippen LogP contribution >= 0.6 is 0 Å². The first-order chi connectivity index (χ1) is 12.6. The summed E-state index contributed by atoms with van der Waals surface area (Å²) in [7, 11) is 0. The molecule has 3 heteroatoms. The molecule has 1 aliphatic carbocycles. The fourth-order valence-electron chi connectivity index (χ4n) is 3.34. The Labute approximate surface area is 160 Å². The second-order valence-electron chi connectivity index (χ2n) is 6.45. The van der Waals surface area contributed by atoms with Gasteiger partial charge in [-0.25, -0.2) is 0 Å². The molecule has 0 saturated heterocycles. The molecule has 0 aromatic heterocycles. The van der Waals surface area contributed by atoms with Crippen LogP contribution in [0.15, 0.2) is 37.4 Å². The highest BCUT2D eigenvalue weighted by atomic mass is 16.7. The summed E-state index contributed by atoms with van der Waals surface area (Å²) in [6.45, 7) is 15.6. The first-order valence-corrected chi connectivity index (χ1v) is 9.90. The van der Waals surface area contributed by atoms with Crippen molar-refractivity contribution >= 4 is 6.29 Å². The van der Waals surface area contributed by atoms with Crippen LogP contribution in [0.25, 0.3) is 0 Å². The Balaban J connectivity index is 0.000000533. The van der Waals surface area contributed by atoms with Gasteiger partial charge in [-0.2, -0.15) is 0 Å². The van der Waals surface area contributed by atoms with Crippen molar-refractivity contribution in [1.29, 1.82) is 0 Å². The van der Waals surface area contributed by atoms with E-state index in [0.29, 0.717) is 5.92 Å². The maximum absolute atomic E-state index is 10.8. The van der Waals surface area contributed by atoms with Gasteiger partial charge in [-0.15, -0.1) is 13.2 Å². The maximum atomic E-state index is 10.8. The topological polar surface area (TPSA) is 35.5 Å². The van der Waals surface area contributed by atoms with E-state index < -0.39 is 0 Å². The van der Waals surface area contributed by atoms with Gasteiger partial charge in [0, 0.05) is 18.8 Å². The normalized spacial score (nSPS) is 15.3. The van der Waals surface area contributed by atoms with E-state index in [1.165, 1.54) is 37.7 Å². The zero-order valence-electron chi connectivity index (χ0n) is 17.2. The number of ether oxygens (including phenoxy) is 2. The van der Waals surface area contributed by atoms with Gasteiger partial charge in [0.1, 0.15) is 6.29 Å². The third-order valence-corrected chi connectivity index (χ3v) is 4.73. The van der Waals surface area contributed by atoms with Gasteiger partial charge in [0.25, 0.3) is 0 Å². The standard InChI is InChI=1S/C15H20O.C6H14O2.C2H4/c1-12(14-7-3-2-4-8-14)15-9-5-6-13(10-15)11-16;1-4-7-6(3)8-5-2;1-2/h5-6,9-12,14H,2-4,7-8H2,1H3;6H,4-5H2,1-3H3;1-2H2. The van der Waals surface area contributed by atoms with Gasteiger partial charge in [-0.1, -0.05) is 44.4 Å². The number of hydrogen-bond acceptors (Lipinski definition) is 3. The van der Waals surface area contributed by atoms with Gasteiger partial charge >= 0.3 is 0 Å². The van der Waals surface area contributed by atoms with Crippen molar-refractivity contribution in [3.63, 3.8) is 0 Å². The molecule has 0 radical (unpaired) electrons. The molecular formula is C23H38O3. The second-order valence-corrected chi connectivity index (χ2v) is 6.45. The van der Waals surface area contributed by atoms with Crippen LogP contribution in [-0.4, -0.2) is 25.8 Å². The van der Waals surface area contributed by atoms with E-state index in [1.807, 2.05) is 39.0 Å². The van der Waals surface area contributed by atoms with E-state index in [0.717, 1.165) is 31.0 Å². The molecule has 1 aromatic rings. The van der Waals surface area contributed by atoms with Crippen molar-refractivity contribution in [3.8, 4) is 0 Å². The van der Waals surface area contributed by atoms with E-state index in [4.69, 9.17) is 9.47 Å². The Bertz CT molecular complexity index is 460. The zero-order valence-corrected chi connectivity index (χ0v) is 17.2. The van der Waals surface area contributed by atoms with Gasteiger partial charge in [-0.05, 0) is 57.1 Å². The van der Waals surface area contributed by atoms with Crippen molar-refractivity contribution in [2.75, 3.05) is 13.2 Å². The quantitative estimate of drug-likeness (QED) is 0.320. The van der Waals surface area contributed by atoms with Gasteiger partial charge in [0.15, 0.2) is 6.29 Å². The van der Waals surface area contributed by atoms with Crippen LogP contribution in [0.2, 0.25) is 0 Å². The summed E-state index contributed by atoms with van der Waals surface area (Å²) in [6, 6.07) is 8.08. The lowest BCUT2D eigenvalue weighted by atomic mass is 9.77. The highest BCUT2D eigenvalue weighted by molar-refractivity contribution is 5.75. The molecular weight excluding hydrogens is 324 g/mol. The molecule has 0 bridgehead atoms. The van der Waals surface area contributed by atoms with Crippen molar-refractivity contribution < 1.29 is 14.3 Å². The highest BCUT2D eigenvalue weighted by Gasteiger charge is 2.21. The first kappa shape index (κ1) is 24.6. The van der Waals surface area contributed by atoms with E-state index in [1.54, 1.807) is 0 Å². The monoisotopic (exact) mass is 362 g/mol. The Hall–Kier alpha value is -1.45. The summed E-state index contributed by atoms with van der Waals surface area (Å²) in [5.41, 5.74) is 2.14. The summed E-state index contributed by atoms with van der Waals surface area (Å²) >= 11 is 0. The van der Waals surface area contributed by atoms with Crippen molar-refractivity contribution in [1.82, 2.24) is 0 Å². The van der Waals surface area contributed by atoms with Crippen LogP contribution in [0.3, 0.4) is 0 Å². The lowest BCUT2D eigenvalue weighted by Crippen LogP contribution is -2.13. The minimum absolute atomic E-state index is 0.0370. The number of aldehydes is 1. The summed E-state index contributed by atoms with van der Waals surface area (Å²) in [5, 5.41) is 0. The molecule has 1 aromatic carbocycles. The Morgan fingerprint density at radius 1 is 1.08 bits per heavy atom. The number of carbonyl (C=O) groups is 1. The van der Waals surface area contributed by atoms with Crippen molar-refractivity contribution in [2.24, 2.45) is 5.92 Å². The van der Waals surface area contributed by atoms with Crippen LogP contribution in [-0.2, 0) is 9.47 Å². The van der Waals surface area contributed by atoms with Crippen LogP contribution in [0.5, 0.6) is 0 Å². The molecule has 148 valence electrons. The number of hydrogen-bond donors (Lipinski definition) is 0. The van der Waals surface area contributed by atoms with E-state index >= 15 is 0 Å². The van der Waals surface area contributed by atoms with Gasteiger partial charge in [-0.3, -0.25) is 4.79 Å². The molecule has 0 N–H and O–H groups in total. The van der Waals surface area contributed by atoms with Crippen molar-refractivity contribution in [2.45, 2.75) is 72.0 Å². The predicted octanol–water partition coefficient (Wildman–Crippen LogP) is 6.39. The largest absolute Gasteiger partial charge is 0.353 e. The molecule has 1 atom stereocenters. The average molecular weight is 363 g/mol. The van der Waals surface area contributed by atoms with E-state index in [9.17, 15) is 4.79 Å². The molecule has 0 spiro atoms. The van der Waals surface area contributed by atoms with E-state index in [-0.39, 0.29) is 6.29 Å². The van der Waals surface area contributed by atoms with Gasteiger partial charge in [0.05, 0.1) is 0 Å². The van der Waals surface area contributed by atoms with Crippen LogP contribution < -0.4 is 0 Å². The molecule has 3 nitrogen and oxygen atoms in total. The molecule has 26 heavy (non-hydrogen) atoms. The average Bonchev–Trinajstić information content (AvgIpc) is 2.70. The number of benzene rings is 1. The number of carbonyl (C=O) groups excluding carboxylic acids is 1. The third-order valence-electron chi connectivity index (χ3n) is 4.73. The minimum Gasteiger partial charge on any atom is -0.353 e. The third kappa shape index (κ3) is 9.88. The lowest BCUT2D eigenvalue weighted by Gasteiger charge is -2.28. The molecule has 2 rings (SSSR count). The molecule has 0 amide bonds.